The van der Waals surface area contributed by atoms with E-state index in [1.54, 1.807) is 4.90 Å². The molecule has 4 rings (SSSR count). The zero-order valence-corrected chi connectivity index (χ0v) is 30.0. The van der Waals surface area contributed by atoms with E-state index in [1.807, 2.05) is 79.4 Å². The van der Waals surface area contributed by atoms with E-state index in [9.17, 15) is 29.1 Å². The van der Waals surface area contributed by atoms with Gasteiger partial charge in [0.15, 0.2) is 5.78 Å². The first-order valence-corrected chi connectivity index (χ1v) is 18.3. The topological polar surface area (TPSA) is 188 Å². The van der Waals surface area contributed by atoms with Crippen molar-refractivity contribution in [2.75, 3.05) is 39.3 Å². The molecule has 0 saturated carbocycles. The van der Waals surface area contributed by atoms with Crippen LogP contribution in [0.25, 0.3) is 0 Å². The summed E-state index contributed by atoms with van der Waals surface area (Å²) in [6, 6.07) is 16.3. The summed E-state index contributed by atoms with van der Waals surface area (Å²) in [5.41, 5.74) is 13.8. The van der Waals surface area contributed by atoms with E-state index >= 15 is 0 Å². The number of unbranched alkanes of at least 4 members (excludes halogenated alkanes) is 1. The molecule has 2 aromatic rings. The molecule has 12 nitrogen and oxygen atoms in total. The summed E-state index contributed by atoms with van der Waals surface area (Å²) in [4.78, 5) is 70.2. The highest BCUT2D eigenvalue weighted by Crippen LogP contribution is 2.31. The van der Waals surface area contributed by atoms with Crippen LogP contribution in [0.4, 0.5) is 0 Å². The van der Waals surface area contributed by atoms with Gasteiger partial charge in [-0.05, 0) is 74.0 Å². The van der Waals surface area contributed by atoms with Crippen LogP contribution in [-0.4, -0.2) is 102 Å². The number of ketones is 1. The lowest BCUT2D eigenvalue weighted by Gasteiger charge is -2.28. The molecule has 0 radical (unpaired) electrons. The summed E-state index contributed by atoms with van der Waals surface area (Å²) >= 11 is 0. The summed E-state index contributed by atoms with van der Waals surface area (Å²) in [5, 5.41) is 15.1. The summed E-state index contributed by atoms with van der Waals surface area (Å²) in [5.74, 6) is -2.33. The monoisotopic (exact) mass is 704 g/mol. The zero-order valence-electron chi connectivity index (χ0n) is 30.0. The van der Waals surface area contributed by atoms with Gasteiger partial charge in [0.05, 0.1) is 18.6 Å². The SMILES string of the molecule is CC(C)CC(CC(=O)C(Cc1ccccc1)NC(=O)C(N)Cc1ccccc1)C(=O)NC(CCCCN)C(=O)N1CC2CN(CC(=O)O)CC2C1. The molecule has 2 fully saturated rings. The van der Waals surface area contributed by atoms with Crippen LogP contribution < -0.4 is 22.1 Å². The number of nitrogens with zero attached hydrogens (tertiary/aromatic N) is 2. The summed E-state index contributed by atoms with van der Waals surface area (Å²) < 4.78 is 0. The Balaban J connectivity index is 1.45. The second-order valence-corrected chi connectivity index (χ2v) is 14.7. The van der Waals surface area contributed by atoms with Crippen molar-refractivity contribution in [3.8, 4) is 0 Å². The lowest BCUT2D eigenvalue weighted by molar-refractivity contribution is -0.139. The molecule has 2 aliphatic rings. The van der Waals surface area contributed by atoms with E-state index in [4.69, 9.17) is 11.5 Å². The molecular formula is C39H56N6O6. The third-order valence-corrected chi connectivity index (χ3v) is 9.99. The minimum Gasteiger partial charge on any atom is -0.480 e. The first kappa shape index (κ1) is 39.7. The van der Waals surface area contributed by atoms with Gasteiger partial charge in [0, 0.05) is 38.5 Å². The fourth-order valence-corrected chi connectivity index (χ4v) is 7.42. The number of aliphatic carboxylic acids is 1. The van der Waals surface area contributed by atoms with Crippen molar-refractivity contribution < 1.29 is 29.1 Å². The van der Waals surface area contributed by atoms with Crippen LogP contribution in [0, 0.1) is 23.7 Å². The molecular weight excluding hydrogens is 648 g/mol. The average molecular weight is 705 g/mol. The molecule has 2 heterocycles. The van der Waals surface area contributed by atoms with E-state index in [1.165, 1.54) is 0 Å². The number of nitrogens with one attached hydrogen (secondary N) is 2. The van der Waals surface area contributed by atoms with E-state index in [0.29, 0.717) is 64.8 Å². The van der Waals surface area contributed by atoms with Crippen LogP contribution in [0.3, 0.4) is 0 Å². The Hall–Kier alpha value is -4.13. The van der Waals surface area contributed by atoms with Gasteiger partial charge in [-0.2, -0.15) is 0 Å². The van der Waals surface area contributed by atoms with Crippen molar-refractivity contribution in [2.45, 2.75) is 76.9 Å². The Morgan fingerprint density at radius 2 is 1.37 bits per heavy atom. The van der Waals surface area contributed by atoms with E-state index < -0.39 is 35.9 Å². The van der Waals surface area contributed by atoms with Crippen LogP contribution in [-0.2, 0) is 36.8 Å². The molecule has 51 heavy (non-hydrogen) atoms. The van der Waals surface area contributed by atoms with Gasteiger partial charge in [0.25, 0.3) is 0 Å². The van der Waals surface area contributed by atoms with Crippen molar-refractivity contribution in [2.24, 2.45) is 35.1 Å². The predicted molar refractivity (Wildman–Crippen MR) is 195 cm³/mol. The van der Waals surface area contributed by atoms with Crippen molar-refractivity contribution in [3.05, 3.63) is 71.8 Å². The number of carbonyl (C=O) groups excluding carboxylic acids is 4. The first-order chi connectivity index (χ1) is 24.4. The second-order valence-electron chi connectivity index (χ2n) is 14.7. The molecule has 2 aliphatic heterocycles. The third-order valence-electron chi connectivity index (χ3n) is 9.99. The van der Waals surface area contributed by atoms with Crippen LogP contribution in [0.1, 0.15) is 57.1 Å². The molecule has 0 aliphatic carbocycles. The average Bonchev–Trinajstić information content (AvgIpc) is 3.66. The standard InChI is InChI=1S/C39H56N6O6/c1-26(2)17-29(20-35(46)34(19-28-13-7-4-8-14-28)43-38(50)32(41)18-27-11-5-3-6-12-27)37(49)42-33(15-9-10-16-40)39(51)45-23-30-21-44(25-36(47)48)22-31(30)24-45/h3-8,11-14,26,29-34H,9-10,15-25,40-41H2,1-2H3,(H,42,49)(H,43,50)(H,47,48). The third kappa shape index (κ3) is 12.3. The fourth-order valence-electron chi connectivity index (χ4n) is 7.42. The van der Waals surface area contributed by atoms with Crippen LogP contribution in [0.5, 0.6) is 0 Å². The molecule has 3 amide bonds. The molecule has 6 atom stereocenters. The maximum absolute atomic E-state index is 14.0. The summed E-state index contributed by atoms with van der Waals surface area (Å²) in [7, 11) is 0. The van der Waals surface area contributed by atoms with Gasteiger partial charge in [-0.15, -0.1) is 0 Å². The Morgan fingerprint density at radius 1 is 0.804 bits per heavy atom. The van der Waals surface area contributed by atoms with Gasteiger partial charge in [-0.1, -0.05) is 74.5 Å². The van der Waals surface area contributed by atoms with Gasteiger partial charge < -0.3 is 32.1 Å². The number of nitrogens with two attached hydrogens (primary N) is 2. The highest BCUT2D eigenvalue weighted by Gasteiger charge is 2.43. The van der Waals surface area contributed by atoms with Gasteiger partial charge >= 0.3 is 5.97 Å². The maximum atomic E-state index is 14.0. The van der Waals surface area contributed by atoms with Gasteiger partial charge in [-0.25, -0.2) is 0 Å². The number of benzene rings is 2. The number of amides is 3. The smallest absolute Gasteiger partial charge is 0.317 e. The fraction of sp³-hybridized carbons (Fsp3) is 0.564. The van der Waals surface area contributed by atoms with E-state index in [-0.39, 0.29) is 54.7 Å². The maximum Gasteiger partial charge on any atom is 0.317 e. The number of hydrogen-bond donors (Lipinski definition) is 5. The highest BCUT2D eigenvalue weighted by molar-refractivity contribution is 5.95. The zero-order chi connectivity index (χ0) is 36.9. The number of Topliss-reactive ketones (excluding diaryl/α,β-unsaturated/α-hetero) is 1. The molecule has 0 aromatic heterocycles. The minimum atomic E-state index is -0.893. The van der Waals surface area contributed by atoms with Gasteiger partial charge in [-0.3, -0.25) is 28.9 Å². The molecule has 7 N–H and O–H groups in total. The molecule has 0 bridgehead atoms. The number of hydrogen-bond acceptors (Lipinski definition) is 8. The van der Waals surface area contributed by atoms with Gasteiger partial charge in [0.2, 0.25) is 17.7 Å². The van der Waals surface area contributed by atoms with Crippen molar-refractivity contribution in [3.63, 3.8) is 0 Å². The molecule has 2 saturated heterocycles. The number of carboxylic acids is 1. The molecule has 0 spiro atoms. The summed E-state index contributed by atoms with van der Waals surface area (Å²) in [6.45, 7) is 6.71. The highest BCUT2D eigenvalue weighted by atomic mass is 16.4. The minimum absolute atomic E-state index is 0.00887. The Kier molecular flexibility index (Phi) is 15.1. The lowest BCUT2D eigenvalue weighted by Crippen LogP contribution is -2.52. The number of carbonyl (C=O) groups is 5. The number of rotatable bonds is 20. The Morgan fingerprint density at radius 3 is 1.92 bits per heavy atom. The van der Waals surface area contributed by atoms with Crippen LogP contribution in [0.2, 0.25) is 0 Å². The van der Waals surface area contributed by atoms with Crippen molar-refractivity contribution in [1.82, 2.24) is 20.4 Å². The number of fused-ring (bicyclic) bond motifs is 1. The second kappa shape index (κ2) is 19.5. The predicted octanol–water partition coefficient (Wildman–Crippen LogP) is 1.99. The normalized spacial score (nSPS) is 19.6. The van der Waals surface area contributed by atoms with Crippen LogP contribution >= 0.6 is 0 Å². The molecule has 12 heteroatoms. The van der Waals surface area contributed by atoms with E-state index in [0.717, 1.165) is 11.1 Å². The summed E-state index contributed by atoms with van der Waals surface area (Å²) in [6.07, 6.45) is 2.67. The largest absolute Gasteiger partial charge is 0.480 e. The lowest BCUT2D eigenvalue weighted by atomic mass is 9.88. The Labute approximate surface area is 301 Å². The molecule has 278 valence electrons. The molecule has 2 aromatic carbocycles. The van der Waals surface area contributed by atoms with E-state index in [2.05, 4.69) is 10.6 Å². The number of likely N-dealkylation sites (tertiary alicyclic amines) is 2. The Bertz CT molecular complexity index is 1440. The van der Waals surface area contributed by atoms with Gasteiger partial charge in [0.1, 0.15) is 6.04 Å². The first-order valence-electron chi connectivity index (χ1n) is 18.3. The molecule has 6 unspecified atom stereocenters. The quantitative estimate of drug-likeness (QED) is 0.129. The van der Waals surface area contributed by atoms with Crippen LogP contribution in [0.15, 0.2) is 60.7 Å². The number of carboxylic acid groups (broad SMARTS) is 1. The van der Waals surface area contributed by atoms with Crippen molar-refractivity contribution in [1.29, 1.82) is 0 Å². The van der Waals surface area contributed by atoms with Crippen molar-refractivity contribution >= 4 is 29.5 Å².